The third-order valence-electron chi connectivity index (χ3n) is 3.81. The first kappa shape index (κ1) is 14.0. The Kier molecular flexibility index (Phi) is 5.13. The quantitative estimate of drug-likeness (QED) is 0.889. The fourth-order valence-corrected chi connectivity index (χ4v) is 3.90. The van der Waals surface area contributed by atoms with Crippen molar-refractivity contribution in [2.24, 2.45) is 5.73 Å². The highest BCUT2D eigenvalue weighted by atomic mass is 32.2. The number of thioether (sulfide) groups is 1. The maximum Gasteiger partial charge on any atom is 0.0202 e. The fourth-order valence-electron chi connectivity index (χ4n) is 2.55. The molecule has 0 radical (unpaired) electrons. The molecule has 1 fully saturated rings. The van der Waals surface area contributed by atoms with Crippen molar-refractivity contribution in [2.75, 3.05) is 5.75 Å². The standard InChI is InChI=1S/C16H25NS/c1-12(2)14-8-6-13(7-9-14)11-15(17)16-5-3-4-10-18-16/h6-9,12,15-16H,3-5,10-11,17H2,1-2H3. The summed E-state index contributed by atoms with van der Waals surface area (Å²) in [6, 6.07) is 9.33. The first-order chi connectivity index (χ1) is 8.66. The lowest BCUT2D eigenvalue weighted by atomic mass is 9.97. The van der Waals surface area contributed by atoms with Gasteiger partial charge in [0.1, 0.15) is 0 Å². The monoisotopic (exact) mass is 263 g/mol. The predicted octanol–water partition coefficient (Wildman–Crippen LogP) is 3.97. The van der Waals surface area contributed by atoms with Gasteiger partial charge in [-0.2, -0.15) is 11.8 Å². The van der Waals surface area contributed by atoms with E-state index in [1.165, 1.54) is 36.1 Å². The Labute approximate surface area is 116 Å². The fraction of sp³-hybridized carbons (Fsp3) is 0.625. The second-order valence-electron chi connectivity index (χ2n) is 5.67. The van der Waals surface area contributed by atoms with Crippen LogP contribution in [0.4, 0.5) is 0 Å². The molecule has 1 aromatic carbocycles. The number of nitrogens with two attached hydrogens (primary N) is 1. The Morgan fingerprint density at radius 2 is 1.94 bits per heavy atom. The molecule has 0 amide bonds. The van der Waals surface area contributed by atoms with Crippen LogP contribution >= 0.6 is 11.8 Å². The summed E-state index contributed by atoms with van der Waals surface area (Å²) in [4.78, 5) is 0. The summed E-state index contributed by atoms with van der Waals surface area (Å²) in [5.74, 6) is 1.91. The lowest BCUT2D eigenvalue weighted by Gasteiger charge is -2.27. The molecular weight excluding hydrogens is 238 g/mol. The Morgan fingerprint density at radius 1 is 1.22 bits per heavy atom. The molecule has 0 saturated carbocycles. The minimum Gasteiger partial charge on any atom is -0.326 e. The summed E-state index contributed by atoms with van der Waals surface area (Å²) in [5, 5.41) is 0.670. The van der Waals surface area contributed by atoms with Gasteiger partial charge in [0.25, 0.3) is 0 Å². The van der Waals surface area contributed by atoms with Gasteiger partial charge in [0.2, 0.25) is 0 Å². The van der Waals surface area contributed by atoms with Crippen molar-refractivity contribution in [3.05, 3.63) is 35.4 Å². The predicted molar refractivity (Wildman–Crippen MR) is 82.3 cm³/mol. The van der Waals surface area contributed by atoms with E-state index in [1.807, 2.05) is 0 Å². The van der Waals surface area contributed by atoms with Crippen molar-refractivity contribution in [3.8, 4) is 0 Å². The molecule has 0 aliphatic carbocycles. The van der Waals surface area contributed by atoms with Gasteiger partial charge in [-0.3, -0.25) is 0 Å². The van der Waals surface area contributed by atoms with E-state index in [1.54, 1.807) is 0 Å². The van der Waals surface area contributed by atoms with Crippen LogP contribution in [-0.2, 0) is 6.42 Å². The van der Waals surface area contributed by atoms with E-state index in [4.69, 9.17) is 5.73 Å². The van der Waals surface area contributed by atoms with Crippen molar-refractivity contribution >= 4 is 11.8 Å². The van der Waals surface area contributed by atoms with Crippen molar-refractivity contribution in [1.29, 1.82) is 0 Å². The van der Waals surface area contributed by atoms with Crippen LogP contribution in [0.5, 0.6) is 0 Å². The average molecular weight is 263 g/mol. The number of rotatable bonds is 4. The van der Waals surface area contributed by atoms with Crippen LogP contribution in [0.25, 0.3) is 0 Å². The van der Waals surface area contributed by atoms with Crippen LogP contribution in [0.1, 0.15) is 50.2 Å². The lowest BCUT2D eigenvalue weighted by molar-refractivity contribution is 0.559. The largest absolute Gasteiger partial charge is 0.326 e. The molecule has 1 saturated heterocycles. The van der Waals surface area contributed by atoms with E-state index in [9.17, 15) is 0 Å². The molecule has 0 spiro atoms. The van der Waals surface area contributed by atoms with E-state index >= 15 is 0 Å². The lowest BCUT2D eigenvalue weighted by Crippen LogP contribution is -2.36. The molecule has 0 aromatic heterocycles. The minimum atomic E-state index is 0.320. The molecule has 2 rings (SSSR count). The summed E-state index contributed by atoms with van der Waals surface area (Å²) in [5.41, 5.74) is 9.16. The molecule has 100 valence electrons. The molecule has 2 atom stereocenters. The molecule has 0 bridgehead atoms. The smallest absolute Gasteiger partial charge is 0.0202 e. The highest BCUT2D eigenvalue weighted by Crippen LogP contribution is 2.28. The number of hydrogen-bond acceptors (Lipinski definition) is 2. The van der Waals surface area contributed by atoms with Crippen LogP contribution in [0.15, 0.2) is 24.3 Å². The highest BCUT2D eigenvalue weighted by Gasteiger charge is 2.21. The Balaban J connectivity index is 1.91. The zero-order valence-electron chi connectivity index (χ0n) is 11.6. The van der Waals surface area contributed by atoms with Crippen LogP contribution < -0.4 is 5.73 Å². The van der Waals surface area contributed by atoms with E-state index in [0.29, 0.717) is 17.2 Å². The Morgan fingerprint density at radius 3 is 2.50 bits per heavy atom. The van der Waals surface area contributed by atoms with Gasteiger partial charge in [-0.25, -0.2) is 0 Å². The van der Waals surface area contributed by atoms with E-state index in [0.717, 1.165) is 6.42 Å². The summed E-state index contributed by atoms with van der Waals surface area (Å²) >= 11 is 2.07. The van der Waals surface area contributed by atoms with Crippen LogP contribution in [0.2, 0.25) is 0 Å². The SMILES string of the molecule is CC(C)c1ccc(CC(N)C2CCCCS2)cc1. The minimum absolute atomic E-state index is 0.320. The third-order valence-corrected chi connectivity index (χ3v) is 5.35. The normalized spacial score (nSPS) is 22.1. The molecule has 1 nitrogen and oxygen atoms in total. The van der Waals surface area contributed by atoms with Gasteiger partial charge in [-0.05, 0) is 42.1 Å². The number of benzene rings is 1. The maximum atomic E-state index is 6.36. The molecule has 2 N–H and O–H groups in total. The molecule has 2 unspecified atom stereocenters. The van der Waals surface area contributed by atoms with E-state index < -0.39 is 0 Å². The van der Waals surface area contributed by atoms with Crippen molar-refractivity contribution in [2.45, 2.75) is 56.7 Å². The van der Waals surface area contributed by atoms with Crippen LogP contribution in [0, 0.1) is 0 Å². The van der Waals surface area contributed by atoms with Crippen LogP contribution in [0.3, 0.4) is 0 Å². The van der Waals surface area contributed by atoms with Gasteiger partial charge < -0.3 is 5.73 Å². The summed E-state index contributed by atoms with van der Waals surface area (Å²) in [7, 11) is 0. The summed E-state index contributed by atoms with van der Waals surface area (Å²) < 4.78 is 0. The van der Waals surface area contributed by atoms with Crippen molar-refractivity contribution in [1.82, 2.24) is 0 Å². The first-order valence-corrected chi connectivity index (χ1v) is 8.17. The molecule has 2 heteroatoms. The van der Waals surface area contributed by atoms with Gasteiger partial charge in [-0.15, -0.1) is 0 Å². The molecule has 1 aromatic rings. The maximum absolute atomic E-state index is 6.36. The number of hydrogen-bond donors (Lipinski definition) is 1. The molecular formula is C16H25NS. The summed E-state index contributed by atoms with van der Waals surface area (Å²) in [6.45, 7) is 4.47. The van der Waals surface area contributed by atoms with E-state index in [-0.39, 0.29) is 0 Å². The molecule has 1 aliphatic rings. The van der Waals surface area contributed by atoms with Crippen molar-refractivity contribution < 1.29 is 0 Å². The third kappa shape index (κ3) is 3.76. The molecule has 18 heavy (non-hydrogen) atoms. The zero-order valence-corrected chi connectivity index (χ0v) is 12.4. The van der Waals surface area contributed by atoms with Gasteiger partial charge in [0, 0.05) is 11.3 Å². The van der Waals surface area contributed by atoms with E-state index in [2.05, 4.69) is 49.9 Å². The second-order valence-corrected chi connectivity index (χ2v) is 7.02. The highest BCUT2D eigenvalue weighted by molar-refractivity contribution is 8.00. The van der Waals surface area contributed by atoms with Gasteiger partial charge >= 0.3 is 0 Å². The van der Waals surface area contributed by atoms with Crippen LogP contribution in [-0.4, -0.2) is 17.0 Å². The average Bonchev–Trinajstić information content (AvgIpc) is 2.40. The van der Waals surface area contributed by atoms with Gasteiger partial charge in [0.15, 0.2) is 0 Å². The topological polar surface area (TPSA) is 26.0 Å². The zero-order chi connectivity index (χ0) is 13.0. The first-order valence-electron chi connectivity index (χ1n) is 7.13. The molecule has 1 heterocycles. The van der Waals surface area contributed by atoms with Gasteiger partial charge in [0.05, 0.1) is 0 Å². The Hall–Kier alpha value is -0.470. The van der Waals surface area contributed by atoms with Crippen molar-refractivity contribution in [3.63, 3.8) is 0 Å². The Bertz CT molecular complexity index is 352. The van der Waals surface area contributed by atoms with Gasteiger partial charge in [-0.1, -0.05) is 44.5 Å². The summed E-state index contributed by atoms with van der Waals surface area (Å²) in [6.07, 6.45) is 5.06. The molecule has 1 aliphatic heterocycles. The second kappa shape index (κ2) is 6.63.